The molecule has 1 saturated heterocycles. The highest BCUT2D eigenvalue weighted by molar-refractivity contribution is 7.09. The van der Waals surface area contributed by atoms with E-state index in [0.29, 0.717) is 6.04 Å². The summed E-state index contributed by atoms with van der Waals surface area (Å²) in [5, 5.41) is 3.00. The summed E-state index contributed by atoms with van der Waals surface area (Å²) < 4.78 is 0. The van der Waals surface area contributed by atoms with E-state index in [1.807, 2.05) is 18.4 Å². The molecular weight excluding hydrogens is 268 g/mol. The van der Waals surface area contributed by atoms with E-state index in [1.54, 1.807) is 17.5 Å². The maximum Gasteiger partial charge on any atom is 0.226 e. The van der Waals surface area contributed by atoms with Crippen molar-refractivity contribution >= 4 is 17.3 Å². The summed E-state index contributed by atoms with van der Waals surface area (Å²) in [6, 6.07) is 2.36. The highest BCUT2D eigenvalue weighted by atomic mass is 32.1. The number of rotatable bonds is 1. The minimum absolute atomic E-state index is 0.513. The van der Waals surface area contributed by atoms with Gasteiger partial charge in [0.25, 0.3) is 0 Å². The van der Waals surface area contributed by atoms with Gasteiger partial charge in [0, 0.05) is 24.2 Å². The van der Waals surface area contributed by atoms with Crippen molar-refractivity contribution in [2.75, 3.05) is 11.4 Å². The molecule has 3 heterocycles. The van der Waals surface area contributed by atoms with Gasteiger partial charge in [-0.3, -0.25) is 0 Å². The maximum absolute atomic E-state index is 4.54. The molecule has 0 spiro atoms. The number of hydrogen-bond acceptors (Lipinski definition) is 5. The quantitative estimate of drug-likeness (QED) is 0.755. The SMILES string of the molecule is Cc1nc(C#Cc2ccnc(N3CCC[C@@H]3C)n2)cs1. The van der Waals surface area contributed by atoms with Gasteiger partial charge in [-0.1, -0.05) is 0 Å². The van der Waals surface area contributed by atoms with Crippen LogP contribution in [0.2, 0.25) is 0 Å². The highest BCUT2D eigenvalue weighted by Gasteiger charge is 2.22. The molecule has 5 heteroatoms. The van der Waals surface area contributed by atoms with Gasteiger partial charge in [0.1, 0.15) is 11.4 Å². The minimum Gasteiger partial charge on any atom is -0.338 e. The molecule has 1 fully saturated rings. The number of aryl methyl sites for hydroxylation is 1. The van der Waals surface area contributed by atoms with Crippen molar-refractivity contribution in [2.24, 2.45) is 0 Å². The van der Waals surface area contributed by atoms with E-state index in [-0.39, 0.29) is 0 Å². The van der Waals surface area contributed by atoms with Crippen LogP contribution in [-0.4, -0.2) is 27.5 Å². The van der Waals surface area contributed by atoms with Gasteiger partial charge in [0.2, 0.25) is 5.95 Å². The molecule has 3 rings (SSSR count). The normalized spacial score (nSPS) is 17.9. The molecule has 1 aliphatic rings. The van der Waals surface area contributed by atoms with Crippen LogP contribution < -0.4 is 4.90 Å². The van der Waals surface area contributed by atoms with Crippen LogP contribution in [0, 0.1) is 18.8 Å². The zero-order valence-corrected chi connectivity index (χ0v) is 12.4. The Labute approximate surface area is 122 Å². The van der Waals surface area contributed by atoms with Crippen molar-refractivity contribution < 1.29 is 0 Å². The fourth-order valence-corrected chi connectivity index (χ4v) is 2.88. The van der Waals surface area contributed by atoms with Gasteiger partial charge in [-0.2, -0.15) is 0 Å². The first-order valence-corrected chi connectivity index (χ1v) is 7.64. The zero-order chi connectivity index (χ0) is 13.9. The highest BCUT2D eigenvalue weighted by Crippen LogP contribution is 2.21. The average molecular weight is 284 g/mol. The van der Waals surface area contributed by atoms with Gasteiger partial charge in [0.15, 0.2) is 0 Å². The van der Waals surface area contributed by atoms with Crippen LogP contribution in [0.15, 0.2) is 17.6 Å². The van der Waals surface area contributed by atoms with Crippen molar-refractivity contribution in [3.8, 4) is 11.8 Å². The monoisotopic (exact) mass is 284 g/mol. The number of thiazole rings is 1. The first kappa shape index (κ1) is 13.1. The van der Waals surface area contributed by atoms with Crippen LogP contribution in [0.3, 0.4) is 0 Å². The molecule has 2 aromatic rings. The Morgan fingerprint density at radius 2 is 2.15 bits per heavy atom. The van der Waals surface area contributed by atoms with Crippen LogP contribution in [0.4, 0.5) is 5.95 Å². The number of nitrogens with zero attached hydrogens (tertiary/aromatic N) is 4. The predicted octanol–water partition coefficient (Wildman–Crippen LogP) is 2.63. The second-order valence-electron chi connectivity index (χ2n) is 4.93. The molecule has 0 saturated carbocycles. The van der Waals surface area contributed by atoms with Gasteiger partial charge in [-0.15, -0.1) is 11.3 Å². The molecule has 1 aliphatic heterocycles. The zero-order valence-electron chi connectivity index (χ0n) is 11.6. The van der Waals surface area contributed by atoms with Gasteiger partial charge in [-0.05, 0) is 44.6 Å². The van der Waals surface area contributed by atoms with Crippen molar-refractivity contribution in [1.29, 1.82) is 0 Å². The van der Waals surface area contributed by atoms with Gasteiger partial charge >= 0.3 is 0 Å². The first-order chi connectivity index (χ1) is 9.72. The molecule has 0 amide bonds. The lowest BCUT2D eigenvalue weighted by Gasteiger charge is -2.20. The number of hydrogen-bond donors (Lipinski definition) is 0. The van der Waals surface area contributed by atoms with Crippen molar-refractivity contribution in [2.45, 2.75) is 32.7 Å². The summed E-state index contributed by atoms with van der Waals surface area (Å²) in [5.74, 6) is 6.91. The van der Waals surface area contributed by atoms with E-state index in [9.17, 15) is 0 Å². The minimum atomic E-state index is 0.513. The third-order valence-corrected chi connectivity index (χ3v) is 4.16. The molecule has 0 N–H and O–H groups in total. The Morgan fingerprint density at radius 3 is 2.85 bits per heavy atom. The van der Waals surface area contributed by atoms with Gasteiger partial charge in [0.05, 0.1) is 5.01 Å². The van der Waals surface area contributed by atoms with Crippen LogP contribution >= 0.6 is 11.3 Å². The second kappa shape index (κ2) is 5.59. The summed E-state index contributed by atoms with van der Waals surface area (Å²) in [6.07, 6.45) is 4.19. The summed E-state index contributed by atoms with van der Waals surface area (Å²) in [7, 11) is 0. The van der Waals surface area contributed by atoms with Gasteiger partial charge in [-0.25, -0.2) is 15.0 Å². The summed E-state index contributed by atoms with van der Waals surface area (Å²) in [6.45, 7) is 5.23. The summed E-state index contributed by atoms with van der Waals surface area (Å²) in [4.78, 5) is 15.5. The smallest absolute Gasteiger partial charge is 0.226 e. The van der Waals surface area contributed by atoms with Crippen LogP contribution in [0.25, 0.3) is 0 Å². The topological polar surface area (TPSA) is 41.9 Å². The lowest BCUT2D eigenvalue weighted by molar-refractivity contribution is 0.716. The summed E-state index contributed by atoms with van der Waals surface area (Å²) >= 11 is 1.61. The molecule has 0 radical (unpaired) electrons. The molecular formula is C15H16N4S. The maximum atomic E-state index is 4.54. The second-order valence-corrected chi connectivity index (χ2v) is 5.99. The molecule has 0 aliphatic carbocycles. The molecule has 0 bridgehead atoms. The first-order valence-electron chi connectivity index (χ1n) is 6.76. The largest absolute Gasteiger partial charge is 0.338 e. The number of aromatic nitrogens is 3. The van der Waals surface area contributed by atoms with E-state index >= 15 is 0 Å². The molecule has 102 valence electrons. The third kappa shape index (κ3) is 2.81. The fourth-order valence-electron chi connectivity index (χ4n) is 2.34. The third-order valence-electron chi connectivity index (χ3n) is 3.39. The van der Waals surface area contributed by atoms with E-state index in [0.717, 1.165) is 28.9 Å². The number of anilines is 1. The Balaban J connectivity index is 1.83. The summed E-state index contributed by atoms with van der Waals surface area (Å²) in [5.41, 5.74) is 1.56. The molecule has 1 atom stereocenters. The molecule has 0 unspecified atom stereocenters. The molecule has 0 aromatic carbocycles. The van der Waals surface area contributed by atoms with E-state index in [2.05, 4.69) is 38.6 Å². The van der Waals surface area contributed by atoms with Crippen LogP contribution in [0.1, 0.15) is 36.2 Å². The molecule has 20 heavy (non-hydrogen) atoms. The lowest BCUT2D eigenvalue weighted by Crippen LogP contribution is -2.28. The standard InChI is InChI=1S/C15H16N4S/c1-11-4-3-9-19(11)15-16-8-7-13(18-15)5-6-14-10-20-12(2)17-14/h7-8,10-11H,3-4,9H2,1-2H3/t11-/m0/s1. The Bertz CT molecular complexity index is 668. The van der Waals surface area contributed by atoms with E-state index in [1.165, 1.54) is 12.8 Å². The Hall–Kier alpha value is -1.93. The van der Waals surface area contributed by atoms with Gasteiger partial charge < -0.3 is 4.90 Å². The van der Waals surface area contributed by atoms with E-state index in [4.69, 9.17) is 0 Å². The van der Waals surface area contributed by atoms with Crippen LogP contribution in [0.5, 0.6) is 0 Å². The lowest BCUT2D eigenvalue weighted by atomic mass is 10.2. The Morgan fingerprint density at radius 1 is 1.30 bits per heavy atom. The molecule has 4 nitrogen and oxygen atoms in total. The van der Waals surface area contributed by atoms with Crippen LogP contribution in [-0.2, 0) is 0 Å². The van der Waals surface area contributed by atoms with E-state index < -0.39 is 0 Å². The average Bonchev–Trinajstić information content (AvgIpc) is 3.05. The fraction of sp³-hybridized carbons (Fsp3) is 0.400. The Kier molecular flexibility index (Phi) is 3.66. The van der Waals surface area contributed by atoms with Crippen molar-refractivity contribution in [3.05, 3.63) is 34.0 Å². The predicted molar refractivity (Wildman–Crippen MR) is 80.9 cm³/mol. The van der Waals surface area contributed by atoms with Crippen molar-refractivity contribution in [1.82, 2.24) is 15.0 Å². The van der Waals surface area contributed by atoms with Crippen molar-refractivity contribution in [3.63, 3.8) is 0 Å². The molecule has 2 aromatic heterocycles.